The molecule has 96 valence electrons. The van der Waals surface area contributed by atoms with Crippen molar-refractivity contribution in [1.29, 1.82) is 0 Å². The highest BCUT2D eigenvalue weighted by molar-refractivity contribution is 6.42. The van der Waals surface area contributed by atoms with Crippen molar-refractivity contribution in [2.24, 2.45) is 11.8 Å². The first kappa shape index (κ1) is 13.4. The summed E-state index contributed by atoms with van der Waals surface area (Å²) in [5.74, 6) is -0.948. The standard InChI is InChI=1S/C13H12Cl2O3/c1-2-18-13(17)9-6-8(9)12(16)7-3-4-10(14)11(15)5-7/h3-5,8-9H,2,6H2,1H3/t8-,9-/m0/s1. The van der Waals surface area contributed by atoms with Crippen LogP contribution in [0.3, 0.4) is 0 Å². The normalized spacial score (nSPS) is 21.5. The summed E-state index contributed by atoms with van der Waals surface area (Å²) in [7, 11) is 0. The van der Waals surface area contributed by atoms with Gasteiger partial charge in [-0.3, -0.25) is 9.59 Å². The molecule has 1 fully saturated rings. The van der Waals surface area contributed by atoms with Crippen LogP contribution in [0.1, 0.15) is 23.7 Å². The van der Waals surface area contributed by atoms with Crippen LogP contribution in [-0.4, -0.2) is 18.4 Å². The Morgan fingerprint density at radius 3 is 2.61 bits per heavy atom. The number of esters is 1. The minimum absolute atomic E-state index is 0.0772. The lowest BCUT2D eigenvalue weighted by atomic mass is 10.1. The molecule has 0 amide bonds. The van der Waals surface area contributed by atoms with E-state index in [1.807, 2.05) is 0 Å². The van der Waals surface area contributed by atoms with Gasteiger partial charge in [0.1, 0.15) is 0 Å². The minimum Gasteiger partial charge on any atom is -0.466 e. The van der Waals surface area contributed by atoms with Crippen LogP contribution in [0, 0.1) is 11.8 Å². The molecule has 1 saturated carbocycles. The topological polar surface area (TPSA) is 43.4 Å². The third-order valence-electron chi connectivity index (χ3n) is 2.92. The second kappa shape index (κ2) is 5.29. The summed E-state index contributed by atoms with van der Waals surface area (Å²) in [5.41, 5.74) is 0.487. The summed E-state index contributed by atoms with van der Waals surface area (Å²) in [6.07, 6.45) is 0.553. The average molecular weight is 287 g/mol. The fourth-order valence-corrected chi connectivity index (χ4v) is 2.16. The second-order valence-corrected chi connectivity index (χ2v) is 5.01. The zero-order valence-corrected chi connectivity index (χ0v) is 11.3. The summed E-state index contributed by atoms with van der Waals surface area (Å²) in [4.78, 5) is 23.5. The molecule has 0 spiro atoms. The van der Waals surface area contributed by atoms with Crippen molar-refractivity contribution >= 4 is 35.0 Å². The number of ether oxygens (including phenoxy) is 1. The van der Waals surface area contributed by atoms with E-state index >= 15 is 0 Å². The average Bonchev–Trinajstić information content (AvgIpc) is 3.12. The monoisotopic (exact) mass is 286 g/mol. The number of carbonyl (C=O) groups is 2. The van der Waals surface area contributed by atoms with E-state index in [0.29, 0.717) is 28.6 Å². The van der Waals surface area contributed by atoms with Gasteiger partial charge in [0.15, 0.2) is 5.78 Å². The summed E-state index contributed by atoms with van der Waals surface area (Å²) in [6, 6.07) is 4.74. The predicted molar refractivity (Wildman–Crippen MR) is 69.0 cm³/mol. The minimum atomic E-state index is -0.299. The van der Waals surface area contributed by atoms with Crippen molar-refractivity contribution in [2.45, 2.75) is 13.3 Å². The third kappa shape index (κ3) is 2.68. The van der Waals surface area contributed by atoms with Gasteiger partial charge in [-0.2, -0.15) is 0 Å². The molecule has 0 aliphatic heterocycles. The summed E-state index contributed by atoms with van der Waals surface area (Å²) in [5, 5.41) is 0.752. The van der Waals surface area contributed by atoms with Crippen molar-refractivity contribution < 1.29 is 14.3 Å². The molecule has 2 rings (SSSR count). The predicted octanol–water partition coefficient (Wildman–Crippen LogP) is 3.38. The molecule has 3 nitrogen and oxygen atoms in total. The van der Waals surface area contributed by atoms with Gasteiger partial charge in [-0.15, -0.1) is 0 Å². The van der Waals surface area contributed by atoms with Gasteiger partial charge in [0.05, 0.1) is 22.6 Å². The first-order valence-corrected chi connectivity index (χ1v) is 6.46. The Kier molecular flexibility index (Phi) is 3.93. The van der Waals surface area contributed by atoms with Gasteiger partial charge in [0.25, 0.3) is 0 Å². The van der Waals surface area contributed by atoms with E-state index in [1.54, 1.807) is 19.1 Å². The number of halogens is 2. The number of carbonyl (C=O) groups excluding carboxylic acids is 2. The van der Waals surface area contributed by atoms with Crippen LogP contribution < -0.4 is 0 Å². The summed E-state index contributed by atoms with van der Waals surface area (Å²) >= 11 is 11.6. The van der Waals surface area contributed by atoms with E-state index in [0.717, 1.165) is 0 Å². The number of benzene rings is 1. The van der Waals surface area contributed by atoms with Gasteiger partial charge < -0.3 is 4.74 Å². The third-order valence-corrected chi connectivity index (χ3v) is 3.66. The molecule has 18 heavy (non-hydrogen) atoms. The lowest BCUT2D eigenvalue weighted by Gasteiger charge is -2.03. The number of ketones is 1. The quantitative estimate of drug-likeness (QED) is 0.630. The molecule has 0 aromatic heterocycles. The Labute approximate surface area is 115 Å². The molecule has 5 heteroatoms. The molecule has 2 atom stereocenters. The second-order valence-electron chi connectivity index (χ2n) is 4.19. The maximum atomic E-state index is 12.1. The smallest absolute Gasteiger partial charge is 0.309 e. The molecule has 1 aliphatic carbocycles. The lowest BCUT2D eigenvalue weighted by molar-refractivity contribution is -0.144. The Hall–Kier alpha value is -1.06. The lowest BCUT2D eigenvalue weighted by Crippen LogP contribution is -2.11. The zero-order chi connectivity index (χ0) is 13.3. The van der Waals surface area contributed by atoms with Crippen LogP contribution in [0.2, 0.25) is 10.0 Å². The molecular weight excluding hydrogens is 275 g/mol. The molecule has 0 unspecified atom stereocenters. The summed E-state index contributed by atoms with van der Waals surface area (Å²) < 4.78 is 4.89. The number of Topliss-reactive ketones (excluding diaryl/α,β-unsaturated/α-hetero) is 1. The van der Waals surface area contributed by atoms with Crippen LogP contribution in [0.25, 0.3) is 0 Å². The molecule has 1 aliphatic rings. The van der Waals surface area contributed by atoms with E-state index in [2.05, 4.69) is 0 Å². The highest BCUT2D eigenvalue weighted by atomic mass is 35.5. The zero-order valence-electron chi connectivity index (χ0n) is 9.78. The largest absolute Gasteiger partial charge is 0.466 e. The number of hydrogen-bond donors (Lipinski definition) is 0. The van der Waals surface area contributed by atoms with Crippen molar-refractivity contribution in [3.63, 3.8) is 0 Å². The van der Waals surface area contributed by atoms with Gasteiger partial charge >= 0.3 is 5.97 Å². The molecular formula is C13H12Cl2O3. The van der Waals surface area contributed by atoms with Gasteiger partial charge in [-0.25, -0.2) is 0 Å². The van der Waals surface area contributed by atoms with Gasteiger partial charge in [0, 0.05) is 11.5 Å². The van der Waals surface area contributed by atoms with E-state index in [-0.39, 0.29) is 23.6 Å². The Morgan fingerprint density at radius 2 is 2.00 bits per heavy atom. The van der Waals surface area contributed by atoms with Gasteiger partial charge in [0.2, 0.25) is 0 Å². The number of rotatable bonds is 4. The van der Waals surface area contributed by atoms with Crippen LogP contribution in [0.4, 0.5) is 0 Å². The van der Waals surface area contributed by atoms with Crippen LogP contribution in [0.5, 0.6) is 0 Å². The van der Waals surface area contributed by atoms with E-state index < -0.39 is 0 Å². The Morgan fingerprint density at radius 1 is 1.28 bits per heavy atom. The van der Waals surface area contributed by atoms with Crippen LogP contribution in [-0.2, 0) is 9.53 Å². The number of hydrogen-bond acceptors (Lipinski definition) is 3. The maximum absolute atomic E-state index is 12.1. The SMILES string of the molecule is CCOC(=O)[C@H]1C[C@@H]1C(=O)c1ccc(Cl)c(Cl)c1. The van der Waals surface area contributed by atoms with Crippen LogP contribution in [0.15, 0.2) is 18.2 Å². The molecule has 0 saturated heterocycles. The van der Waals surface area contributed by atoms with Gasteiger partial charge in [-0.1, -0.05) is 23.2 Å². The Bertz CT molecular complexity index is 499. The van der Waals surface area contributed by atoms with Crippen molar-refractivity contribution in [2.75, 3.05) is 6.61 Å². The summed E-state index contributed by atoms with van der Waals surface area (Å²) in [6.45, 7) is 2.08. The van der Waals surface area contributed by atoms with Crippen LogP contribution >= 0.6 is 23.2 Å². The fourth-order valence-electron chi connectivity index (χ4n) is 1.86. The highest BCUT2D eigenvalue weighted by Gasteiger charge is 2.49. The van der Waals surface area contributed by atoms with E-state index in [1.165, 1.54) is 6.07 Å². The first-order valence-electron chi connectivity index (χ1n) is 5.70. The molecule has 0 bridgehead atoms. The van der Waals surface area contributed by atoms with Crippen molar-refractivity contribution in [3.8, 4) is 0 Å². The van der Waals surface area contributed by atoms with E-state index in [9.17, 15) is 9.59 Å². The maximum Gasteiger partial charge on any atom is 0.309 e. The molecule has 1 aromatic carbocycles. The van der Waals surface area contributed by atoms with Crippen molar-refractivity contribution in [3.05, 3.63) is 33.8 Å². The highest BCUT2D eigenvalue weighted by Crippen LogP contribution is 2.42. The van der Waals surface area contributed by atoms with Gasteiger partial charge in [-0.05, 0) is 31.5 Å². The molecule has 0 N–H and O–H groups in total. The fraction of sp³-hybridized carbons (Fsp3) is 0.385. The molecule has 0 heterocycles. The molecule has 0 radical (unpaired) electrons. The van der Waals surface area contributed by atoms with Crippen molar-refractivity contribution in [1.82, 2.24) is 0 Å². The Balaban J connectivity index is 2.05. The van der Waals surface area contributed by atoms with E-state index in [4.69, 9.17) is 27.9 Å². The molecule has 1 aromatic rings. The first-order chi connectivity index (χ1) is 8.54.